The van der Waals surface area contributed by atoms with Gasteiger partial charge < -0.3 is 10.1 Å². The second-order valence-corrected chi connectivity index (χ2v) is 4.88. The Morgan fingerprint density at radius 1 is 1.30 bits per heavy atom. The van der Waals surface area contributed by atoms with Crippen molar-refractivity contribution in [2.75, 3.05) is 12.4 Å². The molecule has 2 rings (SSSR count). The predicted octanol–water partition coefficient (Wildman–Crippen LogP) is 3.69. The van der Waals surface area contributed by atoms with Gasteiger partial charge in [0, 0.05) is 18.8 Å². The quantitative estimate of drug-likeness (QED) is 0.806. The van der Waals surface area contributed by atoms with Gasteiger partial charge in [-0.2, -0.15) is 0 Å². The largest absolute Gasteiger partial charge is 0.573 e. The van der Waals surface area contributed by atoms with Crippen LogP contribution >= 0.6 is 22.6 Å². The van der Waals surface area contributed by atoms with Crippen LogP contribution in [0.15, 0.2) is 30.5 Å². The molecule has 0 aliphatic heterocycles. The summed E-state index contributed by atoms with van der Waals surface area (Å²) in [6.45, 7) is 0. The van der Waals surface area contributed by atoms with Gasteiger partial charge in [-0.3, -0.25) is 0 Å². The van der Waals surface area contributed by atoms with E-state index in [1.807, 2.05) is 0 Å². The van der Waals surface area contributed by atoms with Crippen LogP contribution in [0.25, 0.3) is 11.4 Å². The number of benzene rings is 1. The Hall–Kier alpha value is -1.58. The zero-order valence-electron chi connectivity index (χ0n) is 10.2. The van der Waals surface area contributed by atoms with Crippen molar-refractivity contribution in [3.05, 3.63) is 34.0 Å². The molecule has 4 nitrogen and oxygen atoms in total. The van der Waals surface area contributed by atoms with Gasteiger partial charge in [0.05, 0.1) is 3.57 Å². The number of nitrogens with zero attached hydrogens (tertiary/aromatic N) is 2. The van der Waals surface area contributed by atoms with Crippen LogP contribution < -0.4 is 10.1 Å². The molecule has 0 saturated heterocycles. The highest BCUT2D eigenvalue weighted by Crippen LogP contribution is 2.27. The molecule has 0 aliphatic rings. The molecule has 1 N–H and O–H groups in total. The summed E-state index contributed by atoms with van der Waals surface area (Å²) in [5.74, 6) is 0.628. The lowest BCUT2D eigenvalue weighted by Gasteiger charge is -2.10. The van der Waals surface area contributed by atoms with Crippen molar-refractivity contribution in [1.29, 1.82) is 0 Å². The van der Waals surface area contributed by atoms with Gasteiger partial charge in [-0.25, -0.2) is 9.97 Å². The highest BCUT2D eigenvalue weighted by molar-refractivity contribution is 14.1. The summed E-state index contributed by atoms with van der Waals surface area (Å²) in [5, 5.41) is 2.89. The van der Waals surface area contributed by atoms with E-state index < -0.39 is 6.36 Å². The maximum Gasteiger partial charge on any atom is 0.573 e. The lowest BCUT2D eigenvalue weighted by Crippen LogP contribution is -2.17. The van der Waals surface area contributed by atoms with Crippen LogP contribution in [0.3, 0.4) is 0 Å². The number of hydrogen-bond donors (Lipinski definition) is 1. The molecular weight excluding hydrogens is 386 g/mol. The third-order valence-electron chi connectivity index (χ3n) is 2.31. The molecule has 0 amide bonds. The summed E-state index contributed by atoms with van der Waals surface area (Å²) in [5.41, 5.74) is 0.444. The van der Waals surface area contributed by atoms with Crippen LogP contribution in [0, 0.1) is 3.57 Å². The number of anilines is 1. The van der Waals surface area contributed by atoms with Gasteiger partial charge in [-0.15, -0.1) is 13.2 Å². The molecule has 1 aromatic heterocycles. The Kier molecular flexibility index (Phi) is 4.31. The van der Waals surface area contributed by atoms with Gasteiger partial charge in [-0.1, -0.05) is 12.1 Å². The fraction of sp³-hybridized carbons (Fsp3) is 0.167. The van der Waals surface area contributed by atoms with Crippen LogP contribution in [-0.4, -0.2) is 23.4 Å². The minimum Gasteiger partial charge on any atom is -0.406 e. The first-order valence-electron chi connectivity index (χ1n) is 5.45. The molecule has 0 atom stereocenters. The summed E-state index contributed by atoms with van der Waals surface area (Å²) >= 11 is 2.06. The number of aromatic nitrogens is 2. The zero-order valence-corrected chi connectivity index (χ0v) is 12.4. The maximum atomic E-state index is 12.2. The summed E-state index contributed by atoms with van der Waals surface area (Å²) < 4.78 is 41.2. The molecule has 2 aromatic rings. The van der Waals surface area contributed by atoms with Gasteiger partial charge in [0.25, 0.3) is 0 Å². The van der Waals surface area contributed by atoms with Crippen molar-refractivity contribution in [3.63, 3.8) is 0 Å². The van der Waals surface area contributed by atoms with E-state index in [1.165, 1.54) is 18.2 Å². The van der Waals surface area contributed by atoms with Gasteiger partial charge in [0.1, 0.15) is 11.6 Å². The van der Waals surface area contributed by atoms with Crippen molar-refractivity contribution < 1.29 is 17.9 Å². The molecule has 0 unspecified atom stereocenters. The molecule has 8 heteroatoms. The highest BCUT2D eigenvalue weighted by Gasteiger charge is 2.31. The van der Waals surface area contributed by atoms with E-state index in [4.69, 9.17) is 0 Å². The summed E-state index contributed by atoms with van der Waals surface area (Å²) in [6.07, 6.45) is -3.13. The van der Waals surface area contributed by atoms with Crippen molar-refractivity contribution >= 4 is 28.4 Å². The van der Waals surface area contributed by atoms with Crippen molar-refractivity contribution in [2.24, 2.45) is 0 Å². The number of rotatable bonds is 3. The first-order chi connectivity index (χ1) is 9.39. The molecule has 0 fully saturated rings. The average Bonchev–Trinajstić information content (AvgIpc) is 2.37. The number of alkyl halides is 3. The van der Waals surface area contributed by atoms with Crippen molar-refractivity contribution in [3.8, 4) is 17.1 Å². The topological polar surface area (TPSA) is 47.0 Å². The fourth-order valence-electron chi connectivity index (χ4n) is 1.51. The lowest BCUT2D eigenvalue weighted by atomic mass is 10.2. The van der Waals surface area contributed by atoms with E-state index in [1.54, 1.807) is 19.3 Å². The predicted molar refractivity (Wildman–Crippen MR) is 76.4 cm³/mol. The Morgan fingerprint density at radius 2 is 2.05 bits per heavy atom. The Bertz CT molecular complexity index is 619. The van der Waals surface area contributed by atoms with E-state index in [-0.39, 0.29) is 5.75 Å². The van der Waals surface area contributed by atoms with E-state index in [0.29, 0.717) is 17.2 Å². The number of halogens is 4. The first kappa shape index (κ1) is 14.8. The Balaban J connectivity index is 2.36. The van der Waals surface area contributed by atoms with Gasteiger partial charge in [0.15, 0.2) is 5.82 Å². The van der Waals surface area contributed by atoms with Crippen LogP contribution in [-0.2, 0) is 0 Å². The van der Waals surface area contributed by atoms with Crippen molar-refractivity contribution in [1.82, 2.24) is 9.97 Å². The maximum absolute atomic E-state index is 12.2. The normalized spacial score (nSPS) is 11.2. The molecular formula is C12H9F3IN3O. The second-order valence-electron chi connectivity index (χ2n) is 3.72. The Morgan fingerprint density at radius 3 is 2.70 bits per heavy atom. The van der Waals surface area contributed by atoms with Crippen LogP contribution in [0.2, 0.25) is 0 Å². The highest BCUT2D eigenvalue weighted by atomic mass is 127. The second kappa shape index (κ2) is 5.81. The van der Waals surface area contributed by atoms with Crippen LogP contribution in [0.1, 0.15) is 0 Å². The Labute approximate surface area is 126 Å². The number of hydrogen-bond acceptors (Lipinski definition) is 4. The molecule has 0 radical (unpaired) electrons. The molecule has 20 heavy (non-hydrogen) atoms. The summed E-state index contributed by atoms with van der Waals surface area (Å²) in [6, 6.07) is 5.54. The van der Waals surface area contributed by atoms with Crippen LogP contribution in [0.4, 0.5) is 19.0 Å². The summed E-state index contributed by atoms with van der Waals surface area (Å²) in [7, 11) is 1.71. The monoisotopic (exact) mass is 395 g/mol. The molecule has 0 saturated carbocycles. The summed E-state index contributed by atoms with van der Waals surface area (Å²) in [4.78, 5) is 8.33. The standard InChI is InChI=1S/C12H9F3IN3O/c1-17-11-9(16)6-18-10(19-11)7-3-2-4-8(5-7)20-12(13,14)15/h2-6H,1H3,(H,17,18,19). The number of nitrogens with one attached hydrogen (secondary N) is 1. The molecule has 0 spiro atoms. The smallest absolute Gasteiger partial charge is 0.406 e. The van der Waals surface area contributed by atoms with Gasteiger partial charge in [-0.05, 0) is 34.7 Å². The number of ether oxygens (including phenoxy) is 1. The van der Waals surface area contributed by atoms with E-state index in [9.17, 15) is 13.2 Å². The molecule has 0 aliphatic carbocycles. The molecule has 1 aromatic carbocycles. The SMILES string of the molecule is CNc1nc(-c2cccc(OC(F)(F)F)c2)ncc1I. The first-order valence-corrected chi connectivity index (χ1v) is 6.53. The van der Waals surface area contributed by atoms with Gasteiger partial charge >= 0.3 is 6.36 Å². The third-order valence-corrected chi connectivity index (χ3v) is 3.10. The lowest BCUT2D eigenvalue weighted by molar-refractivity contribution is -0.274. The molecule has 0 bridgehead atoms. The molecule has 106 valence electrons. The average molecular weight is 395 g/mol. The van der Waals surface area contributed by atoms with Crippen molar-refractivity contribution in [2.45, 2.75) is 6.36 Å². The van der Waals surface area contributed by atoms with E-state index in [2.05, 4.69) is 42.6 Å². The van der Waals surface area contributed by atoms with E-state index >= 15 is 0 Å². The van der Waals surface area contributed by atoms with Gasteiger partial charge in [0.2, 0.25) is 0 Å². The minimum atomic E-state index is -4.72. The van der Waals surface area contributed by atoms with Crippen LogP contribution in [0.5, 0.6) is 5.75 Å². The zero-order chi connectivity index (χ0) is 14.8. The van der Waals surface area contributed by atoms with E-state index in [0.717, 1.165) is 3.57 Å². The third kappa shape index (κ3) is 3.71. The fourth-order valence-corrected chi connectivity index (χ4v) is 2.04. The molecule has 1 heterocycles. The minimum absolute atomic E-state index is 0.303.